The Hall–Kier alpha value is -0.770. The van der Waals surface area contributed by atoms with Crippen LogP contribution in [-0.4, -0.2) is 30.3 Å². The van der Waals surface area contributed by atoms with Crippen molar-refractivity contribution >= 4 is 6.09 Å². The van der Waals surface area contributed by atoms with E-state index in [1.807, 2.05) is 20.8 Å². The minimum Gasteiger partial charge on any atom is -0.444 e. The summed E-state index contributed by atoms with van der Waals surface area (Å²) in [7, 11) is 0. The molecule has 2 unspecified atom stereocenters. The maximum absolute atomic E-state index is 11.6. The van der Waals surface area contributed by atoms with Crippen LogP contribution in [0, 0.1) is 0 Å². The number of hydrogen-bond acceptors (Lipinski definition) is 3. The molecule has 0 bridgehead atoms. The Bertz CT molecular complexity index is 248. The number of carbonyl (C=O) groups is 1. The molecule has 0 aromatic heterocycles. The molecular weight excluding hydrogens is 216 g/mol. The number of alkyl carbamates (subject to hydrolysis) is 1. The van der Waals surface area contributed by atoms with Gasteiger partial charge in [-0.1, -0.05) is 19.8 Å². The lowest BCUT2D eigenvalue weighted by Gasteiger charge is -2.21. The second kappa shape index (κ2) is 6.24. The number of carbonyl (C=O) groups excluding carboxylic acids is 1. The molecule has 1 saturated heterocycles. The van der Waals surface area contributed by atoms with Gasteiger partial charge >= 0.3 is 6.09 Å². The summed E-state index contributed by atoms with van der Waals surface area (Å²) in [5, 5.41) is 6.36. The molecule has 100 valence electrons. The zero-order chi connectivity index (χ0) is 12.9. The van der Waals surface area contributed by atoms with Crippen molar-refractivity contribution < 1.29 is 9.53 Å². The first-order chi connectivity index (χ1) is 7.90. The zero-order valence-electron chi connectivity index (χ0n) is 11.5. The molecule has 0 aromatic rings. The molecule has 2 N–H and O–H groups in total. The largest absolute Gasteiger partial charge is 0.444 e. The van der Waals surface area contributed by atoms with Gasteiger partial charge in [-0.2, -0.15) is 0 Å². The van der Waals surface area contributed by atoms with Crippen LogP contribution in [0.25, 0.3) is 0 Å². The van der Waals surface area contributed by atoms with E-state index >= 15 is 0 Å². The van der Waals surface area contributed by atoms with E-state index in [2.05, 4.69) is 17.6 Å². The van der Waals surface area contributed by atoms with Crippen molar-refractivity contribution in [3.63, 3.8) is 0 Å². The molecule has 1 rings (SSSR count). The maximum Gasteiger partial charge on any atom is 0.407 e. The molecule has 4 nitrogen and oxygen atoms in total. The third kappa shape index (κ3) is 5.91. The van der Waals surface area contributed by atoms with Gasteiger partial charge in [-0.05, 0) is 33.6 Å². The lowest BCUT2D eigenvalue weighted by Crippen LogP contribution is -2.40. The molecule has 1 heterocycles. The molecule has 1 aliphatic heterocycles. The van der Waals surface area contributed by atoms with Gasteiger partial charge in [0.2, 0.25) is 0 Å². The fourth-order valence-corrected chi connectivity index (χ4v) is 2.07. The monoisotopic (exact) mass is 242 g/mol. The molecule has 2 atom stereocenters. The van der Waals surface area contributed by atoms with Crippen LogP contribution in [-0.2, 0) is 4.74 Å². The number of rotatable bonds is 4. The average molecular weight is 242 g/mol. The Labute approximate surface area is 104 Å². The van der Waals surface area contributed by atoms with E-state index in [0.717, 1.165) is 13.0 Å². The molecule has 0 radical (unpaired) electrons. The summed E-state index contributed by atoms with van der Waals surface area (Å²) in [6.45, 7) is 8.69. The summed E-state index contributed by atoms with van der Waals surface area (Å²) in [5.74, 6) is 0. The number of nitrogens with one attached hydrogen (secondary N) is 2. The van der Waals surface area contributed by atoms with Crippen LogP contribution in [0.3, 0.4) is 0 Å². The molecule has 0 aromatic carbocycles. The molecule has 0 spiro atoms. The Morgan fingerprint density at radius 1 is 1.47 bits per heavy atom. The van der Waals surface area contributed by atoms with Gasteiger partial charge in [0.15, 0.2) is 0 Å². The van der Waals surface area contributed by atoms with E-state index in [-0.39, 0.29) is 12.1 Å². The highest BCUT2D eigenvalue weighted by atomic mass is 16.6. The molecule has 0 saturated carbocycles. The van der Waals surface area contributed by atoms with E-state index in [9.17, 15) is 4.79 Å². The predicted octanol–water partition coefficient (Wildman–Crippen LogP) is 2.43. The Morgan fingerprint density at radius 3 is 2.76 bits per heavy atom. The van der Waals surface area contributed by atoms with Crippen molar-refractivity contribution in [2.45, 2.75) is 71.1 Å². The van der Waals surface area contributed by atoms with Crippen molar-refractivity contribution in [2.24, 2.45) is 0 Å². The zero-order valence-corrected chi connectivity index (χ0v) is 11.5. The van der Waals surface area contributed by atoms with E-state index < -0.39 is 5.60 Å². The van der Waals surface area contributed by atoms with Gasteiger partial charge in [-0.3, -0.25) is 0 Å². The lowest BCUT2D eigenvalue weighted by molar-refractivity contribution is 0.0508. The first-order valence-corrected chi connectivity index (χ1v) is 6.63. The standard InChI is InChI=1S/C13H26N2O2/c1-5-6-7-10-8-11(9-14-10)15-12(16)17-13(2,3)4/h10-11,14H,5-9H2,1-4H3,(H,15,16). The van der Waals surface area contributed by atoms with Crippen LogP contribution in [0.4, 0.5) is 4.79 Å². The van der Waals surface area contributed by atoms with Crippen molar-refractivity contribution in [2.75, 3.05) is 6.54 Å². The third-order valence-electron chi connectivity index (χ3n) is 2.85. The second-order valence-corrected chi connectivity index (χ2v) is 5.83. The molecular formula is C13H26N2O2. The molecule has 17 heavy (non-hydrogen) atoms. The smallest absolute Gasteiger partial charge is 0.407 e. The first-order valence-electron chi connectivity index (χ1n) is 6.63. The Kier molecular flexibility index (Phi) is 5.25. The number of amides is 1. The minimum absolute atomic E-state index is 0.215. The third-order valence-corrected chi connectivity index (χ3v) is 2.85. The van der Waals surface area contributed by atoms with Gasteiger partial charge < -0.3 is 15.4 Å². The Morgan fingerprint density at radius 2 is 2.18 bits per heavy atom. The van der Waals surface area contributed by atoms with Crippen LogP contribution < -0.4 is 10.6 Å². The Balaban J connectivity index is 2.23. The van der Waals surface area contributed by atoms with E-state index in [0.29, 0.717) is 6.04 Å². The summed E-state index contributed by atoms with van der Waals surface area (Å²) in [5.41, 5.74) is -0.419. The van der Waals surface area contributed by atoms with Gasteiger partial charge in [0.1, 0.15) is 5.60 Å². The fraction of sp³-hybridized carbons (Fsp3) is 0.923. The van der Waals surface area contributed by atoms with Crippen molar-refractivity contribution in [3.8, 4) is 0 Å². The molecule has 0 aliphatic carbocycles. The normalized spacial score (nSPS) is 24.7. The summed E-state index contributed by atoms with van der Waals surface area (Å²) in [4.78, 5) is 11.6. The van der Waals surface area contributed by atoms with Gasteiger partial charge in [0, 0.05) is 18.6 Å². The van der Waals surface area contributed by atoms with Crippen LogP contribution in [0.2, 0.25) is 0 Å². The topological polar surface area (TPSA) is 50.4 Å². The highest BCUT2D eigenvalue weighted by molar-refractivity contribution is 5.68. The van der Waals surface area contributed by atoms with Gasteiger partial charge in [-0.25, -0.2) is 4.79 Å². The lowest BCUT2D eigenvalue weighted by atomic mass is 10.1. The minimum atomic E-state index is -0.419. The van der Waals surface area contributed by atoms with Crippen LogP contribution in [0.1, 0.15) is 53.4 Å². The number of hydrogen-bond donors (Lipinski definition) is 2. The van der Waals surface area contributed by atoms with E-state index in [1.165, 1.54) is 19.3 Å². The van der Waals surface area contributed by atoms with Crippen molar-refractivity contribution in [1.29, 1.82) is 0 Å². The van der Waals surface area contributed by atoms with Gasteiger partial charge in [0.25, 0.3) is 0 Å². The number of ether oxygens (including phenoxy) is 1. The fourth-order valence-electron chi connectivity index (χ4n) is 2.07. The molecule has 4 heteroatoms. The van der Waals surface area contributed by atoms with Crippen LogP contribution >= 0.6 is 0 Å². The van der Waals surface area contributed by atoms with Gasteiger partial charge in [0.05, 0.1) is 0 Å². The summed E-state index contributed by atoms with van der Waals surface area (Å²) in [6.07, 6.45) is 4.38. The predicted molar refractivity (Wildman–Crippen MR) is 69.1 cm³/mol. The SMILES string of the molecule is CCCCC1CC(NC(=O)OC(C)(C)C)CN1. The number of unbranched alkanes of at least 4 members (excludes halogenated alkanes) is 1. The van der Waals surface area contributed by atoms with Crippen molar-refractivity contribution in [1.82, 2.24) is 10.6 Å². The first kappa shape index (κ1) is 14.3. The maximum atomic E-state index is 11.6. The van der Waals surface area contributed by atoms with Crippen LogP contribution in [0.15, 0.2) is 0 Å². The average Bonchev–Trinajstić information content (AvgIpc) is 2.59. The van der Waals surface area contributed by atoms with E-state index in [4.69, 9.17) is 4.74 Å². The van der Waals surface area contributed by atoms with Crippen molar-refractivity contribution in [3.05, 3.63) is 0 Å². The van der Waals surface area contributed by atoms with E-state index in [1.54, 1.807) is 0 Å². The summed E-state index contributed by atoms with van der Waals surface area (Å²) >= 11 is 0. The second-order valence-electron chi connectivity index (χ2n) is 5.83. The highest BCUT2D eigenvalue weighted by Gasteiger charge is 2.26. The quantitative estimate of drug-likeness (QED) is 0.796. The summed E-state index contributed by atoms with van der Waals surface area (Å²) in [6, 6.07) is 0.765. The highest BCUT2D eigenvalue weighted by Crippen LogP contribution is 2.14. The molecule has 1 fully saturated rings. The van der Waals surface area contributed by atoms with Gasteiger partial charge in [-0.15, -0.1) is 0 Å². The molecule has 1 amide bonds. The van der Waals surface area contributed by atoms with Crippen LogP contribution in [0.5, 0.6) is 0 Å². The molecule has 1 aliphatic rings. The summed E-state index contributed by atoms with van der Waals surface area (Å²) < 4.78 is 5.24.